The quantitative estimate of drug-likeness (QED) is 0.154. The molecule has 1 heterocycles. The molecule has 1 amide bonds. The van der Waals surface area contributed by atoms with E-state index in [1.165, 1.54) is 16.7 Å². The average Bonchev–Trinajstić information content (AvgIpc) is 2.85. The molecular weight excluding hydrogens is 580 g/mol. The highest BCUT2D eigenvalue weighted by atomic mass is 32.2. The summed E-state index contributed by atoms with van der Waals surface area (Å²) in [5.41, 5.74) is -1.20. The van der Waals surface area contributed by atoms with Crippen LogP contribution in [0.4, 0.5) is 11.4 Å². The van der Waals surface area contributed by atoms with E-state index in [-0.39, 0.29) is 24.3 Å². The van der Waals surface area contributed by atoms with Gasteiger partial charge in [-0.25, -0.2) is 8.42 Å². The molecule has 0 N–H and O–H groups in total. The van der Waals surface area contributed by atoms with Gasteiger partial charge in [-0.3, -0.25) is 23.3 Å². The number of benzene rings is 1. The second-order valence-corrected chi connectivity index (χ2v) is 14.3. The summed E-state index contributed by atoms with van der Waals surface area (Å²) in [6.45, 7) is 4.36. The monoisotopic (exact) mass is 614 g/mol. The van der Waals surface area contributed by atoms with Crippen LogP contribution in [-0.2, 0) is 38.4 Å². The molecule has 0 aromatic heterocycles. The molecule has 0 atom stereocenters. The summed E-state index contributed by atoms with van der Waals surface area (Å²) in [7, 11) is -11.9. The maximum Gasteiger partial charge on any atom is 0.283 e. The van der Waals surface area contributed by atoms with Gasteiger partial charge in [0.15, 0.2) is 9.84 Å². The summed E-state index contributed by atoms with van der Waals surface area (Å²) < 4.78 is 81.5. The molecule has 39 heavy (non-hydrogen) atoms. The zero-order valence-electron chi connectivity index (χ0n) is 22.2. The van der Waals surface area contributed by atoms with Crippen molar-refractivity contribution in [3.05, 3.63) is 27.8 Å². The number of sulfone groups is 1. The Morgan fingerprint density at radius 3 is 1.87 bits per heavy atom. The number of piperazine rings is 1. The largest absolute Gasteiger partial charge is 0.366 e. The lowest BCUT2D eigenvalue weighted by Crippen LogP contribution is -2.48. The van der Waals surface area contributed by atoms with Crippen LogP contribution >= 0.6 is 0 Å². The molecule has 0 saturated carbocycles. The van der Waals surface area contributed by atoms with E-state index in [0.29, 0.717) is 26.2 Å². The minimum Gasteiger partial charge on any atom is -0.366 e. The van der Waals surface area contributed by atoms with Gasteiger partial charge < -0.3 is 14.7 Å². The molecule has 0 unspecified atom stereocenters. The first-order valence-corrected chi connectivity index (χ1v) is 17.3. The summed E-state index contributed by atoms with van der Waals surface area (Å²) in [5, 5.41) is 12.0. The van der Waals surface area contributed by atoms with Crippen LogP contribution in [0.5, 0.6) is 0 Å². The number of carbonyl (C=O) groups excluding carboxylic acids is 1. The van der Waals surface area contributed by atoms with E-state index >= 15 is 0 Å². The van der Waals surface area contributed by atoms with Crippen molar-refractivity contribution in [2.24, 2.45) is 0 Å². The number of carbonyl (C=O) groups is 1. The van der Waals surface area contributed by atoms with Crippen LogP contribution in [0.1, 0.15) is 24.2 Å². The van der Waals surface area contributed by atoms with Gasteiger partial charge in [0.2, 0.25) is 0 Å². The number of anilines is 1. The molecule has 18 heteroatoms. The Morgan fingerprint density at radius 2 is 1.46 bits per heavy atom. The van der Waals surface area contributed by atoms with Gasteiger partial charge in [-0.15, -0.1) is 0 Å². The molecule has 1 aromatic rings. The van der Waals surface area contributed by atoms with Crippen molar-refractivity contribution < 1.29 is 43.3 Å². The second kappa shape index (κ2) is 13.3. The lowest BCUT2D eigenvalue weighted by molar-refractivity contribution is -0.385. The maximum atomic E-state index is 13.4. The fraction of sp³-hybridized carbons (Fsp3) is 0.667. The number of nitro groups is 1. The standard InChI is InChI=1S/C21H34N4O11S3/c1-5-22-7-9-24(10-8-22)21(26)17-15-19(20(39(33,34)6-2)16-18(17)25(27)28)23(11-13-35-37(3,29)30)12-14-36-38(4,31)32/h15-16H,5-14H2,1-4H3. The number of hydrogen-bond acceptors (Lipinski definition) is 13. The van der Waals surface area contributed by atoms with Gasteiger partial charge in [-0.1, -0.05) is 13.8 Å². The van der Waals surface area contributed by atoms with E-state index in [1.54, 1.807) is 0 Å². The molecule has 0 spiro atoms. The fourth-order valence-electron chi connectivity index (χ4n) is 3.92. The lowest BCUT2D eigenvalue weighted by atomic mass is 10.1. The molecule has 2 rings (SSSR count). The summed E-state index contributed by atoms with van der Waals surface area (Å²) in [6.07, 6.45) is 1.63. The van der Waals surface area contributed by atoms with E-state index in [9.17, 15) is 40.2 Å². The highest BCUT2D eigenvalue weighted by Crippen LogP contribution is 2.34. The molecule has 0 bridgehead atoms. The SMILES string of the molecule is CCN1CCN(C(=O)c2cc(N(CCOS(C)(=O)=O)CCOS(C)(=O)=O)c(S(=O)(=O)CC)cc2[N+](=O)[O-])CC1. The number of nitro benzene ring substituents is 1. The second-order valence-electron chi connectivity index (χ2n) is 8.76. The molecule has 1 aliphatic rings. The number of amides is 1. The van der Waals surface area contributed by atoms with Crippen molar-refractivity contribution in [3.63, 3.8) is 0 Å². The smallest absolute Gasteiger partial charge is 0.283 e. The molecule has 222 valence electrons. The highest BCUT2D eigenvalue weighted by Gasteiger charge is 2.33. The van der Waals surface area contributed by atoms with E-state index in [4.69, 9.17) is 8.37 Å². The van der Waals surface area contributed by atoms with Crippen LogP contribution in [0.2, 0.25) is 0 Å². The Bertz CT molecular complexity index is 1330. The molecule has 15 nitrogen and oxygen atoms in total. The minimum absolute atomic E-state index is 0.146. The van der Waals surface area contributed by atoms with Crippen molar-refractivity contribution in [1.29, 1.82) is 0 Å². The Balaban J connectivity index is 2.65. The Hall–Kier alpha value is -2.38. The summed E-state index contributed by atoms with van der Waals surface area (Å²) in [5.74, 6) is -1.10. The normalized spacial score (nSPS) is 15.3. The van der Waals surface area contributed by atoms with Gasteiger partial charge in [-0.2, -0.15) is 16.8 Å². The van der Waals surface area contributed by atoms with Gasteiger partial charge in [0, 0.05) is 45.3 Å². The van der Waals surface area contributed by atoms with Crippen molar-refractivity contribution >= 4 is 47.4 Å². The van der Waals surface area contributed by atoms with Crippen LogP contribution in [0, 0.1) is 10.1 Å². The zero-order chi connectivity index (χ0) is 29.6. The maximum absolute atomic E-state index is 13.4. The van der Waals surface area contributed by atoms with Crippen molar-refractivity contribution in [3.8, 4) is 0 Å². The third-order valence-electron chi connectivity index (χ3n) is 5.98. The van der Waals surface area contributed by atoms with Gasteiger partial charge in [-0.05, 0) is 12.6 Å². The molecule has 1 aromatic carbocycles. The van der Waals surface area contributed by atoms with Crippen LogP contribution in [0.15, 0.2) is 17.0 Å². The Labute approximate surface area is 229 Å². The summed E-state index contributed by atoms with van der Waals surface area (Å²) >= 11 is 0. The zero-order valence-corrected chi connectivity index (χ0v) is 24.7. The molecular formula is C21H34N4O11S3. The first kappa shape index (κ1) is 32.8. The summed E-state index contributed by atoms with van der Waals surface area (Å²) in [4.78, 5) is 28.9. The topological polar surface area (TPSA) is 191 Å². The van der Waals surface area contributed by atoms with Gasteiger partial charge in [0.1, 0.15) is 5.56 Å². The molecule has 1 saturated heterocycles. The average molecular weight is 615 g/mol. The third kappa shape index (κ3) is 9.64. The molecule has 1 fully saturated rings. The van der Waals surface area contributed by atoms with Gasteiger partial charge in [0.25, 0.3) is 31.8 Å². The number of nitrogens with zero attached hydrogens (tertiary/aromatic N) is 4. The lowest BCUT2D eigenvalue weighted by Gasteiger charge is -2.34. The van der Waals surface area contributed by atoms with Crippen molar-refractivity contribution in [2.45, 2.75) is 18.7 Å². The Morgan fingerprint density at radius 1 is 0.949 bits per heavy atom. The molecule has 0 radical (unpaired) electrons. The van der Waals surface area contributed by atoms with Gasteiger partial charge >= 0.3 is 0 Å². The first-order chi connectivity index (χ1) is 18.0. The van der Waals surface area contributed by atoms with Crippen LogP contribution in [0.25, 0.3) is 0 Å². The first-order valence-electron chi connectivity index (χ1n) is 12.0. The van der Waals surface area contributed by atoms with E-state index < -0.39 is 70.5 Å². The number of rotatable bonds is 14. The summed E-state index contributed by atoms with van der Waals surface area (Å²) in [6, 6.07) is 1.89. The molecule has 1 aliphatic heterocycles. The predicted molar refractivity (Wildman–Crippen MR) is 143 cm³/mol. The van der Waals surface area contributed by atoms with E-state index in [1.807, 2.05) is 6.92 Å². The van der Waals surface area contributed by atoms with Crippen LogP contribution in [0.3, 0.4) is 0 Å². The van der Waals surface area contributed by atoms with E-state index in [0.717, 1.165) is 31.2 Å². The van der Waals surface area contributed by atoms with E-state index in [2.05, 4.69) is 4.90 Å². The Kier molecular flexibility index (Phi) is 11.2. The van der Waals surface area contributed by atoms with Crippen LogP contribution < -0.4 is 4.90 Å². The highest BCUT2D eigenvalue weighted by molar-refractivity contribution is 7.91. The molecule has 0 aliphatic carbocycles. The number of likely N-dealkylation sites (N-methyl/N-ethyl adjacent to an activating group) is 1. The van der Waals surface area contributed by atoms with Crippen LogP contribution in [-0.4, -0.2) is 123 Å². The van der Waals surface area contributed by atoms with Crippen molar-refractivity contribution in [2.75, 3.05) is 82.2 Å². The predicted octanol–water partition coefficient (Wildman–Crippen LogP) is -0.0751. The van der Waals surface area contributed by atoms with Gasteiger partial charge in [0.05, 0.1) is 47.0 Å². The third-order valence-corrected chi connectivity index (χ3v) is 8.93. The minimum atomic E-state index is -4.11. The number of hydrogen-bond donors (Lipinski definition) is 0. The van der Waals surface area contributed by atoms with Crippen molar-refractivity contribution in [1.82, 2.24) is 9.80 Å². The fourth-order valence-corrected chi connectivity index (χ4v) is 5.78.